The summed E-state index contributed by atoms with van der Waals surface area (Å²) in [6.45, 7) is 2.71. The summed E-state index contributed by atoms with van der Waals surface area (Å²) < 4.78 is 5.30. The van der Waals surface area contributed by atoms with Crippen LogP contribution >= 0.6 is 0 Å². The monoisotopic (exact) mass is 267 g/mol. The second-order valence-electron chi connectivity index (χ2n) is 5.02. The van der Waals surface area contributed by atoms with E-state index < -0.39 is 0 Å². The molecule has 0 saturated heterocycles. The summed E-state index contributed by atoms with van der Waals surface area (Å²) in [5.74, 6) is 0.789. The van der Waals surface area contributed by atoms with E-state index in [1.807, 2.05) is 48.2 Å². The van der Waals surface area contributed by atoms with Crippen LogP contribution < -0.4 is 9.64 Å². The van der Waals surface area contributed by atoms with E-state index in [4.69, 9.17) is 4.74 Å². The predicted octanol–water partition coefficient (Wildman–Crippen LogP) is 3.21. The van der Waals surface area contributed by atoms with Crippen molar-refractivity contribution < 1.29 is 9.53 Å². The molecule has 20 heavy (non-hydrogen) atoms. The number of carbonyl (C=O) groups is 1. The lowest BCUT2D eigenvalue weighted by molar-refractivity contribution is 0.0989. The molecule has 2 aromatic rings. The van der Waals surface area contributed by atoms with Gasteiger partial charge >= 0.3 is 0 Å². The van der Waals surface area contributed by atoms with Crippen LogP contribution in [0, 0.1) is 6.92 Å². The number of ether oxygens (including phenoxy) is 1. The molecular weight excluding hydrogens is 250 g/mol. The number of aryl methyl sites for hydroxylation is 1. The van der Waals surface area contributed by atoms with Crippen LogP contribution in [0.1, 0.15) is 21.5 Å². The first-order valence-corrected chi connectivity index (χ1v) is 6.75. The first kappa shape index (κ1) is 12.7. The van der Waals surface area contributed by atoms with Crippen molar-refractivity contribution in [3.63, 3.8) is 0 Å². The van der Waals surface area contributed by atoms with Crippen molar-refractivity contribution in [1.82, 2.24) is 0 Å². The lowest BCUT2D eigenvalue weighted by atomic mass is 10.1. The van der Waals surface area contributed by atoms with Gasteiger partial charge in [0.05, 0.1) is 7.11 Å². The molecule has 3 heteroatoms. The van der Waals surface area contributed by atoms with Gasteiger partial charge in [0.15, 0.2) is 0 Å². The molecule has 102 valence electrons. The molecule has 0 bridgehead atoms. The molecule has 0 aromatic heterocycles. The van der Waals surface area contributed by atoms with Crippen LogP contribution in [0.3, 0.4) is 0 Å². The topological polar surface area (TPSA) is 29.5 Å². The fourth-order valence-electron chi connectivity index (χ4n) is 2.66. The van der Waals surface area contributed by atoms with Gasteiger partial charge in [0.25, 0.3) is 5.91 Å². The third-order valence-electron chi connectivity index (χ3n) is 3.79. The normalized spacial score (nSPS) is 13.2. The van der Waals surface area contributed by atoms with Crippen LogP contribution in [0.4, 0.5) is 5.69 Å². The number of para-hydroxylation sites is 1. The summed E-state index contributed by atoms with van der Waals surface area (Å²) in [6.07, 6.45) is 0.922. The van der Waals surface area contributed by atoms with Crippen LogP contribution in [0.25, 0.3) is 0 Å². The van der Waals surface area contributed by atoms with Crippen LogP contribution in [0.2, 0.25) is 0 Å². The second-order valence-corrected chi connectivity index (χ2v) is 5.02. The molecule has 0 radical (unpaired) electrons. The Labute approximate surface area is 118 Å². The highest BCUT2D eigenvalue weighted by atomic mass is 16.5. The van der Waals surface area contributed by atoms with Gasteiger partial charge in [-0.2, -0.15) is 0 Å². The highest BCUT2D eigenvalue weighted by Gasteiger charge is 2.25. The second kappa shape index (κ2) is 5.00. The SMILES string of the molecule is COc1cc(C(=O)N2CCc3ccccc32)ccc1C. The summed E-state index contributed by atoms with van der Waals surface area (Å²) in [5, 5.41) is 0. The predicted molar refractivity (Wildman–Crippen MR) is 79.6 cm³/mol. The molecule has 3 nitrogen and oxygen atoms in total. The molecule has 1 heterocycles. The average Bonchev–Trinajstić information content (AvgIpc) is 2.91. The first-order chi connectivity index (χ1) is 9.70. The van der Waals surface area contributed by atoms with Crippen molar-refractivity contribution in [3.8, 4) is 5.75 Å². The van der Waals surface area contributed by atoms with Crippen LogP contribution in [0.15, 0.2) is 42.5 Å². The number of amides is 1. The molecule has 0 fully saturated rings. The van der Waals surface area contributed by atoms with E-state index in [-0.39, 0.29) is 5.91 Å². The quantitative estimate of drug-likeness (QED) is 0.836. The maximum atomic E-state index is 12.7. The molecule has 0 unspecified atom stereocenters. The lowest BCUT2D eigenvalue weighted by Gasteiger charge is -2.18. The van der Waals surface area contributed by atoms with Gasteiger partial charge in [-0.05, 0) is 42.7 Å². The Kier molecular flexibility index (Phi) is 3.18. The van der Waals surface area contributed by atoms with Crippen molar-refractivity contribution in [2.24, 2.45) is 0 Å². The summed E-state index contributed by atoms with van der Waals surface area (Å²) in [6, 6.07) is 13.7. The number of fused-ring (bicyclic) bond motifs is 1. The molecule has 3 rings (SSSR count). The zero-order valence-electron chi connectivity index (χ0n) is 11.7. The highest BCUT2D eigenvalue weighted by Crippen LogP contribution is 2.29. The maximum Gasteiger partial charge on any atom is 0.258 e. The van der Waals surface area contributed by atoms with E-state index in [9.17, 15) is 4.79 Å². The minimum atomic E-state index is 0.0354. The van der Waals surface area contributed by atoms with E-state index in [2.05, 4.69) is 6.07 Å². The van der Waals surface area contributed by atoms with E-state index in [1.165, 1.54) is 5.56 Å². The van der Waals surface area contributed by atoms with Crippen LogP contribution in [-0.4, -0.2) is 19.6 Å². The number of anilines is 1. The molecule has 0 N–H and O–H groups in total. The Bertz CT molecular complexity index is 664. The number of benzene rings is 2. The van der Waals surface area contributed by atoms with Crippen LogP contribution in [-0.2, 0) is 6.42 Å². The van der Waals surface area contributed by atoms with Gasteiger partial charge in [-0.3, -0.25) is 4.79 Å². The number of nitrogens with zero attached hydrogens (tertiary/aromatic N) is 1. The Balaban J connectivity index is 1.94. The Hall–Kier alpha value is -2.29. The van der Waals surface area contributed by atoms with Crippen molar-refractivity contribution in [1.29, 1.82) is 0 Å². The van der Waals surface area contributed by atoms with Gasteiger partial charge in [0, 0.05) is 17.8 Å². The fourth-order valence-corrected chi connectivity index (χ4v) is 2.66. The fraction of sp³-hybridized carbons (Fsp3) is 0.235. The van der Waals surface area contributed by atoms with Crippen molar-refractivity contribution in [2.75, 3.05) is 18.6 Å². The first-order valence-electron chi connectivity index (χ1n) is 6.75. The molecule has 2 aromatic carbocycles. The molecule has 0 saturated carbocycles. The zero-order chi connectivity index (χ0) is 14.1. The van der Waals surface area contributed by atoms with Crippen molar-refractivity contribution in [2.45, 2.75) is 13.3 Å². The molecule has 0 atom stereocenters. The summed E-state index contributed by atoms with van der Waals surface area (Å²) in [4.78, 5) is 14.5. The van der Waals surface area contributed by atoms with E-state index >= 15 is 0 Å². The van der Waals surface area contributed by atoms with Gasteiger partial charge in [-0.1, -0.05) is 24.3 Å². The van der Waals surface area contributed by atoms with Crippen LogP contribution in [0.5, 0.6) is 5.75 Å². The zero-order valence-corrected chi connectivity index (χ0v) is 11.7. The standard InChI is InChI=1S/C17H17NO2/c1-12-7-8-14(11-16(12)20-2)17(19)18-10-9-13-5-3-4-6-15(13)18/h3-8,11H,9-10H2,1-2H3. The maximum absolute atomic E-state index is 12.7. The van der Waals surface area contributed by atoms with E-state index in [0.29, 0.717) is 5.56 Å². The molecule has 1 amide bonds. The van der Waals surface area contributed by atoms with Gasteiger partial charge in [0.1, 0.15) is 5.75 Å². The minimum Gasteiger partial charge on any atom is -0.496 e. The molecule has 1 aliphatic heterocycles. The van der Waals surface area contributed by atoms with Gasteiger partial charge in [-0.15, -0.1) is 0 Å². The smallest absolute Gasteiger partial charge is 0.258 e. The van der Waals surface area contributed by atoms with Crippen molar-refractivity contribution in [3.05, 3.63) is 59.2 Å². The van der Waals surface area contributed by atoms with Gasteiger partial charge < -0.3 is 9.64 Å². The minimum absolute atomic E-state index is 0.0354. The Morgan fingerprint density at radius 1 is 1.20 bits per heavy atom. The summed E-state index contributed by atoms with van der Waals surface area (Å²) >= 11 is 0. The molecule has 0 aliphatic carbocycles. The number of methoxy groups -OCH3 is 1. The molecule has 1 aliphatic rings. The van der Waals surface area contributed by atoms with Gasteiger partial charge in [-0.25, -0.2) is 0 Å². The number of hydrogen-bond acceptors (Lipinski definition) is 2. The third kappa shape index (κ3) is 2.05. The van der Waals surface area contributed by atoms with Crippen molar-refractivity contribution >= 4 is 11.6 Å². The Morgan fingerprint density at radius 2 is 2.00 bits per heavy atom. The summed E-state index contributed by atoms with van der Waals surface area (Å²) in [7, 11) is 1.63. The summed E-state index contributed by atoms with van der Waals surface area (Å²) in [5.41, 5.74) is 3.96. The van der Waals surface area contributed by atoms with Gasteiger partial charge in [0.2, 0.25) is 0 Å². The lowest BCUT2D eigenvalue weighted by Crippen LogP contribution is -2.28. The number of rotatable bonds is 2. The number of carbonyl (C=O) groups excluding carboxylic acids is 1. The highest BCUT2D eigenvalue weighted by molar-refractivity contribution is 6.07. The molecule has 0 spiro atoms. The number of hydrogen-bond donors (Lipinski definition) is 0. The average molecular weight is 267 g/mol. The Morgan fingerprint density at radius 3 is 2.80 bits per heavy atom. The van der Waals surface area contributed by atoms with E-state index in [1.54, 1.807) is 7.11 Å². The largest absolute Gasteiger partial charge is 0.496 e. The molecular formula is C17H17NO2. The third-order valence-corrected chi connectivity index (χ3v) is 3.79. The van der Waals surface area contributed by atoms with E-state index in [0.717, 1.165) is 30.0 Å².